The van der Waals surface area contributed by atoms with E-state index in [2.05, 4.69) is 20.7 Å². The molecule has 0 saturated heterocycles. The highest BCUT2D eigenvalue weighted by atomic mass is 79.9. The molecule has 1 aromatic carbocycles. The summed E-state index contributed by atoms with van der Waals surface area (Å²) >= 11 is 3.14. The Morgan fingerprint density at radius 3 is 2.37 bits per heavy atom. The van der Waals surface area contributed by atoms with Crippen LogP contribution >= 0.6 is 15.9 Å². The van der Waals surface area contributed by atoms with E-state index < -0.39 is 21.9 Å². The summed E-state index contributed by atoms with van der Waals surface area (Å²) in [5.41, 5.74) is 0.0972. The van der Waals surface area contributed by atoms with Gasteiger partial charge < -0.3 is 14.6 Å². The van der Waals surface area contributed by atoms with Crippen LogP contribution in [0.4, 0.5) is 0 Å². The zero-order chi connectivity index (χ0) is 14.8. The van der Waals surface area contributed by atoms with Crippen molar-refractivity contribution >= 4 is 31.7 Å². The third kappa shape index (κ3) is 3.46. The average Bonchev–Trinajstić information content (AvgIpc) is 2.34. The van der Waals surface area contributed by atoms with Gasteiger partial charge in [-0.2, -0.15) is 0 Å². The molecule has 106 valence electrons. The van der Waals surface area contributed by atoms with Gasteiger partial charge in [0.2, 0.25) is 0 Å². The van der Waals surface area contributed by atoms with Gasteiger partial charge in [-0.3, -0.25) is 0 Å². The molecule has 0 bridgehead atoms. The number of sulfone groups is 1. The Bertz CT molecular complexity index is 595. The lowest BCUT2D eigenvalue weighted by atomic mass is 10.1. The summed E-state index contributed by atoms with van der Waals surface area (Å²) in [4.78, 5) is 11.1. The molecule has 1 N–H and O–H groups in total. The predicted octanol–water partition coefficient (Wildman–Crippen LogP) is 1.07. The quantitative estimate of drug-likeness (QED) is 0.815. The summed E-state index contributed by atoms with van der Waals surface area (Å²) in [7, 11) is -1.12. The molecule has 0 saturated carbocycles. The number of rotatable bonds is 4. The molecule has 19 heavy (non-hydrogen) atoms. The van der Waals surface area contributed by atoms with Crippen LogP contribution in [0, 0.1) is 0 Å². The Kier molecular flexibility index (Phi) is 4.94. The number of aliphatic hydroxyl groups excluding tert-OH is 1. The summed E-state index contributed by atoms with van der Waals surface area (Å²) < 4.78 is 33.1. The first-order valence-corrected chi connectivity index (χ1v) is 7.74. The molecule has 0 heterocycles. The fraction of sp³-hybridized carbons (Fsp3) is 0.364. The minimum Gasteiger partial charge on any atom is -0.494 e. The number of aliphatic hydroxyl groups is 1. The molecule has 0 aliphatic rings. The third-order valence-electron chi connectivity index (χ3n) is 2.38. The Balaban J connectivity index is 3.48. The fourth-order valence-electron chi connectivity index (χ4n) is 1.47. The van der Waals surface area contributed by atoms with Crippen LogP contribution in [0.25, 0.3) is 0 Å². The van der Waals surface area contributed by atoms with E-state index in [0.29, 0.717) is 4.47 Å². The van der Waals surface area contributed by atoms with Crippen molar-refractivity contribution in [3.05, 3.63) is 22.2 Å². The van der Waals surface area contributed by atoms with Crippen molar-refractivity contribution in [2.24, 2.45) is 0 Å². The molecule has 1 unspecified atom stereocenters. The SMILES string of the molecule is COC(=O)C(O)c1cc(Br)c(OC)c(S(C)(=O)=O)c1. The molecule has 0 aliphatic heterocycles. The Morgan fingerprint density at radius 1 is 1.37 bits per heavy atom. The number of halogens is 1. The third-order valence-corrected chi connectivity index (χ3v) is 4.07. The highest BCUT2D eigenvalue weighted by molar-refractivity contribution is 9.10. The van der Waals surface area contributed by atoms with E-state index in [4.69, 9.17) is 4.74 Å². The first-order chi connectivity index (χ1) is 8.72. The van der Waals surface area contributed by atoms with Gasteiger partial charge in [-0.05, 0) is 33.6 Å². The number of ether oxygens (including phenoxy) is 2. The van der Waals surface area contributed by atoms with Crippen LogP contribution in [0.2, 0.25) is 0 Å². The highest BCUT2D eigenvalue weighted by Crippen LogP contribution is 2.35. The number of esters is 1. The standard InChI is InChI=1S/C11H13BrO6S/c1-17-10-7(12)4-6(9(13)11(14)18-2)5-8(10)19(3,15)16/h4-5,9,13H,1-3H3. The lowest BCUT2D eigenvalue weighted by Crippen LogP contribution is -2.14. The molecule has 0 radical (unpaired) electrons. The maximum absolute atomic E-state index is 11.7. The van der Waals surface area contributed by atoms with Gasteiger partial charge in [0.15, 0.2) is 21.7 Å². The number of carbonyl (C=O) groups is 1. The van der Waals surface area contributed by atoms with Gasteiger partial charge in [-0.1, -0.05) is 0 Å². The first kappa shape index (κ1) is 15.9. The second-order valence-corrected chi connectivity index (χ2v) is 6.57. The summed E-state index contributed by atoms with van der Waals surface area (Å²) in [5.74, 6) is -0.764. The minimum absolute atomic E-state index is 0.0972. The fourth-order valence-corrected chi connectivity index (χ4v) is 3.12. The summed E-state index contributed by atoms with van der Waals surface area (Å²) in [6, 6.07) is 2.58. The number of hydrogen-bond donors (Lipinski definition) is 1. The Morgan fingerprint density at radius 2 is 1.95 bits per heavy atom. The normalized spacial score (nSPS) is 12.9. The van der Waals surface area contributed by atoms with Crippen LogP contribution in [0.3, 0.4) is 0 Å². The molecule has 1 atom stereocenters. The first-order valence-electron chi connectivity index (χ1n) is 5.05. The van der Waals surface area contributed by atoms with Crippen molar-refractivity contribution in [1.29, 1.82) is 0 Å². The Labute approximate surface area is 119 Å². The predicted molar refractivity (Wildman–Crippen MR) is 70.8 cm³/mol. The molecule has 1 aromatic rings. The topological polar surface area (TPSA) is 89.9 Å². The van der Waals surface area contributed by atoms with Gasteiger partial charge >= 0.3 is 5.97 Å². The molecule has 8 heteroatoms. The van der Waals surface area contributed by atoms with E-state index in [1.165, 1.54) is 19.2 Å². The van der Waals surface area contributed by atoms with E-state index in [-0.39, 0.29) is 16.2 Å². The van der Waals surface area contributed by atoms with E-state index in [9.17, 15) is 18.3 Å². The second-order valence-electron chi connectivity index (χ2n) is 3.73. The van der Waals surface area contributed by atoms with Gasteiger partial charge in [-0.25, -0.2) is 13.2 Å². The van der Waals surface area contributed by atoms with Gasteiger partial charge in [0.25, 0.3) is 0 Å². The van der Waals surface area contributed by atoms with Crippen molar-refractivity contribution in [3.8, 4) is 5.75 Å². The summed E-state index contributed by atoms with van der Waals surface area (Å²) in [6.45, 7) is 0. The molecular weight excluding hydrogens is 340 g/mol. The average molecular weight is 353 g/mol. The van der Waals surface area contributed by atoms with Crippen LogP contribution in [-0.2, 0) is 19.4 Å². The van der Waals surface area contributed by atoms with Gasteiger partial charge in [0.05, 0.1) is 18.7 Å². The minimum atomic E-state index is -3.57. The van der Waals surface area contributed by atoms with E-state index >= 15 is 0 Å². The number of benzene rings is 1. The van der Waals surface area contributed by atoms with Gasteiger partial charge in [0, 0.05) is 6.26 Å². The molecule has 0 amide bonds. The second kappa shape index (κ2) is 5.89. The number of carbonyl (C=O) groups excluding carboxylic acids is 1. The monoisotopic (exact) mass is 352 g/mol. The van der Waals surface area contributed by atoms with Crippen LogP contribution in [0.5, 0.6) is 5.75 Å². The van der Waals surface area contributed by atoms with Crippen LogP contribution in [0.1, 0.15) is 11.7 Å². The zero-order valence-electron chi connectivity index (χ0n) is 10.5. The molecule has 0 spiro atoms. The van der Waals surface area contributed by atoms with Crippen LogP contribution in [0.15, 0.2) is 21.5 Å². The smallest absolute Gasteiger partial charge is 0.339 e. The lowest BCUT2D eigenvalue weighted by Gasteiger charge is -2.14. The molecule has 0 fully saturated rings. The van der Waals surface area contributed by atoms with Crippen molar-refractivity contribution < 1.29 is 27.8 Å². The molecular formula is C11H13BrO6S. The van der Waals surface area contributed by atoms with E-state index in [0.717, 1.165) is 13.4 Å². The van der Waals surface area contributed by atoms with E-state index in [1.54, 1.807) is 0 Å². The number of methoxy groups -OCH3 is 2. The zero-order valence-corrected chi connectivity index (χ0v) is 12.9. The molecule has 0 aromatic heterocycles. The molecule has 1 rings (SSSR count). The van der Waals surface area contributed by atoms with Crippen molar-refractivity contribution in [2.75, 3.05) is 20.5 Å². The van der Waals surface area contributed by atoms with E-state index in [1.807, 2.05) is 0 Å². The molecule has 6 nitrogen and oxygen atoms in total. The van der Waals surface area contributed by atoms with Crippen molar-refractivity contribution in [2.45, 2.75) is 11.0 Å². The van der Waals surface area contributed by atoms with Crippen molar-refractivity contribution in [3.63, 3.8) is 0 Å². The highest BCUT2D eigenvalue weighted by Gasteiger charge is 2.24. The summed E-state index contributed by atoms with van der Waals surface area (Å²) in [6.07, 6.45) is -0.557. The van der Waals surface area contributed by atoms with Crippen molar-refractivity contribution in [1.82, 2.24) is 0 Å². The number of hydrogen-bond acceptors (Lipinski definition) is 6. The lowest BCUT2D eigenvalue weighted by molar-refractivity contribution is -0.150. The largest absolute Gasteiger partial charge is 0.494 e. The Hall–Kier alpha value is -1.12. The molecule has 0 aliphatic carbocycles. The summed E-state index contributed by atoms with van der Waals surface area (Å²) in [5, 5.41) is 9.74. The van der Waals surface area contributed by atoms with Gasteiger partial charge in [-0.15, -0.1) is 0 Å². The van der Waals surface area contributed by atoms with Crippen LogP contribution in [-0.4, -0.2) is 40.0 Å². The van der Waals surface area contributed by atoms with Gasteiger partial charge in [0.1, 0.15) is 4.90 Å². The van der Waals surface area contributed by atoms with Crippen LogP contribution < -0.4 is 4.74 Å². The maximum atomic E-state index is 11.7. The maximum Gasteiger partial charge on any atom is 0.339 e.